The molecule has 0 fully saturated rings. The number of unbranched alkanes of at least 4 members (excludes halogenated alkanes) is 2. The van der Waals surface area contributed by atoms with Gasteiger partial charge in [0.2, 0.25) is 47.3 Å². The monoisotopic (exact) mass is 1160 g/mol. The second-order valence-corrected chi connectivity index (χ2v) is 22.5. The Kier molecular flexibility index (Phi) is 33.8. The first kappa shape index (κ1) is 71.6. The van der Waals surface area contributed by atoms with Gasteiger partial charge < -0.3 is 92.8 Å². The molecule has 0 bridgehead atoms. The van der Waals surface area contributed by atoms with Crippen molar-refractivity contribution in [1.29, 1.82) is 0 Å². The van der Waals surface area contributed by atoms with Crippen LogP contribution in [0.3, 0.4) is 0 Å². The van der Waals surface area contributed by atoms with Gasteiger partial charge in [-0.25, -0.2) is 9.78 Å². The third kappa shape index (κ3) is 31.2. The number of nitrogens with two attached hydrogens (primary N) is 7. The van der Waals surface area contributed by atoms with E-state index in [1.165, 1.54) is 31.2 Å². The zero-order valence-corrected chi connectivity index (χ0v) is 48.8. The fourth-order valence-corrected chi connectivity index (χ4v) is 8.64. The molecule has 31 heteroatoms. The van der Waals surface area contributed by atoms with Gasteiger partial charge in [0.15, 0.2) is 17.9 Å². The van der Waals surface area contributed by atoms with Gasteiger partial charge in [0.05, 0.1) is 6.33 Å². The predicted octanol–water partition coefficient (Wildman–Crippen LogP) is -3.40. The van der Waals surface area contributed by atoms with E-state index in [0.717, 1.165) is 0 Å². The highest BCUT2D eigenvalue weighted by atomic mass is 32.2. The summed E-state index contributed by atoms with van der Waals surface area (Å²) >= 11 is 1.34. The summed E-state index contributed by atoms with van der Waals surface area (Å²) in [4.78, 5) is 142. The standard InChI is InChI=1S/C50H92N20O10S/c1-8-9-15-32(42(75)70-38(28(2)3)45(78)69-37(26-81-50(5,6)7)44(77)67-35(46(79)80)19-14-23-61-49(56)57)64-40(73)33(17-12-21-59-47(52)53)66-43(76)36(24-30-25-58-27-62-30)68-41(74)34(18-13-22-60-48(54)55)65-39(72)31(63-29(4)71)16-10-11-20-51/h25,27-28,31-38H,8-24,26,51H2,1-7H3,(H,58,62)(H,63,71)(H,64,73)(H,65,72)(H,66,76)(H,67,77)(H,68,74)(H,69,78)(H,70,75)(H,79,80)(H4,52,53,59)(H4,54,55,60)(H4,56,57,61)/t31-,32-,33-,34-,35-,36-,37?,38-/m0/s1. The first-order valence-electron chi connectivity index (χ1n) is 27.2. The molecule has 1 aromatic heterocycles. The second-order valence-electron chi connectivity index (χ2n) is 20.7. The lowest BCUT2D eigenvalue weighted by molar-refractivity contribution is -0.142. The fraction of sp³-hybridized carbons (Fsp3) is 0.700. The summed E-state index contributed by atoms with van der Waals surface area (Å²) in [5.74, 6) is -8.33. The summed E-state index contributed by atoms with van der Waals surface area (Å²) in [5, 5.41) is 31.4. The summed E-state index contributed by atoms with van der Waals surface area (Å²) in [5.41, 5.74) is 39.0. The summed E-state index contributed by atoms with van der Waals surface area (Å²) in [6.45, 7) is 12.7. The number of rotatable bonds is 40. The Morgan fingerprint density at radius 2 is 0.963 bits per heavy atom. The Morgan fingerprint density at radius 3 is 1.37 bits per heavy atom. The Morgan fingerprint density at radius 1 is 0.568 bits per heavy atom. The Balaban J connectivity index is 3.64. The minimum absolute atomic E-state index is 0.0122. The minimum Gasteiger partial charge on any atom is -0.480 e. The molecule has 24 N–H and O–H groups in total. The molecule has 8 atom stereocenters. The van der Waals surface area contributed by atoms with Crippen molar-refractivity contribution in [3.63, 3.8) is 0 Å². The number of aliphatic carboxylic acids is 1. The number of amides is 8. The molecular weight excluding hydrogens is 1070 g/mol. The van der Waals surface area contributed by atoms with Gasteiger partial charge in [0, 0.05) is 55.4 Å². The number of aromatic nitrogens is 2. The number of hydrogen-bond acceptors (Lipinski definition) is 15. The van der Waals surface area contributed by atoms with Crippen molar-refractivity contribution in [1.82, 2.24) is 52.5 Å². The zero-order chi connectivity index (χ0) is 61.2. The molecule has 0 spiro atoms. The van der Waals surface area contributed by atoms with Crippen molar-refractivity contribution >= 4 is 82.9 Å². The van der Waals surface area contributed by atoms with Crippen molar-refractivity contribution in [2.75, 3.05) is 31.9 Å². The van der Waals surface area contributed by atoms with Crippen LogP contribution in [0.4, 0.5) is 0 Å². The van der Waals surface area contributed by atoms with Crippen LogP contribution in [0.15, 0.2) is 27.5 Å². The molecule has 1 aromatic rings. The Labute approximate surface area is 478 Å². The van der Waals surface area contributed by atoms with Gasteiger partial charge in [0.1, 0.15) is 48.3 Å². The van der Waals surface area contributed by atoms with Crippen molar-refractivity contribution in [2.45, 2.75) is 185 Å². The van der Waals surface area contributed by atoms with E-state index in [-0.39, 0.29) is 106 Å². The van der Waals surface area contributed by atoms with Crippen LogP contribution in [0.2, 0.25) is 0 Å². The number of carbonyl (C=O) groups is 9. The third-order valence-electron chi connectivity index (χ3n) is 12.0. The number of H-pyrrole nitrogens is 1. The molecule has 1 rings (SSSR count). The summed E-state index contributed by atoms with van der Waals surface area (Å²) in [7, 11) is 0. The summed E-state index contributed by atoms with van der Waals surface area (Å²) in [6.07, 6.45) is 5.47. The van der Waals surface area contributed by atoms with Crippen LogP contribution in [0.25, 0.3) is 0 Å². The number of nitrogens with one attached hydrogen (secondary N) is 9. The van der Waals surface area contributed by atoms with Gasteiger partial charge in [0.25, 0.3) is 0 Å². The third-order valence-corrected chi connectivity index (χ3v) is 13.4. The molecule has 0 aliphatic carbocycles. The van der Waals surface area contributed by atoms with E-state index in [0.29, 0.717) is 37.9 Å². The number of carbonyl (C=O) groups excluding carboxylic acids is 8. The molecule has 30 nitrogen and oxygen atoms in total. The maximum atomic E-state index is 14.5. The summed E-state index contributed by atoms with van der Waals surface area (Å²) in [6, 6.07) is -10.2. The molecule has 1 unspecified atom stereocenters. The largest absolute Gasteiger partial charge is 0.480 e. The number of carboxylic acids is 1. The number of carboxylic acid groups (broad SMARTS) is 1. The van der Waals surface area contributed by atoms with Crippen molar-refractivity contribution in [2.24, 2.45) is 61.0 Å². The SMILES string of the molecule is CCCC[C@H](NC(=O)[C@H](CCCN=C(N)N)NC(=O)[C@H](Cc1cnc[nH]1)NC(=O)[C@H](CCCN=C(N)N)NC(=O)[C@H](CCCCN)NC(C)=O)C(=O)N[C@H](C(=O)NC(CSC(C)(C)C)C(=O)N[C@@H](CCCN=C(N)N)C(=O)O)C(C)C. The highest BCUT2D eigenvalue weighted by molar-refractivity contribution is 8.00. The number of imidazole rings is 1. The fourth-order valence-electron chi connectivity index (χ4n) is 7.74. The highest BCUT2D eigenvalue weighted by Gasteiger charge is 2.36. The van der Waals surface area contributed by atoms with Crippen LogP contribution in [0.5, 0.6) is 0 Å². The van der Waals surface area contributed by atoms with Gasteiger partial charge in [-0.15, -0.1) is 0 Å². The van der Waals surface area contributed by atoms with Crippen molar-refractivity contribution in [3.8, 4) is 0 Å². The highest BCUT2D eigenvalue weighted by Crippen LogP contribution is 2.24. The Hall–Kier alpha value is -7.44. The number of aliphatic imine (C=N–C) groups is 3. The molecule has 0 aliphatic rings. The molecule has 0 aliphatic heterocycles. The number of nitrogens with zero attached hydrogens (tertiary/aromatic N) is 4. The lowest BCUT2D eigenvalue weighted by Gasteiger charge is -2.29. The number of hydrogen-bond donors (Lipinski definition) is 17. The maximum Gasteiger partial charge on any atom is 0.326 e. The quantitative estimate of drug-likeness (QED) is 0.0173. The van der Waals surface area contributed by atoms with Crippen molar-refractivity contribution in [3.05, 3.63) is 18.2 Å². The molecule has 0 saturated carbocycles. The van der Waals surface area contributed by atoms with Crippen LogP contribution in [-0.2, 0) is 49.6 Å². The van der Waals surface area contributed by atoms with Gasteiger partial charge in [-0.3, -0.25) is 53.3 Å². The van der Waals surface area contributed by atoms with Gasteiger partial charge in [-0.05, 0) is 76.7 Å². The average molecular weight is 1170 g/mol. The first-order chi connectivity index (χ1) is 38.1. The van der Waals surface area contributed by atoms with E-state index in [1.807, 2.05) is 27.7 Å². The van der Waals surface area contributed by atoms with Gasteiger partial charge in [-0.2, -0.15) is 11.8 Å². The molecule has 81 heavy (non-hydrogen) atoms. The molecule has 458 valence electrons. The normalized spacial score (nSPS) is 14.1. The molecule has 0 aromatic carbocycles. The summed E-state index contributed by atoms with van der Waals surface area (Å²) < 4.78 is -0.382. The first-order valence-corrected chi connectivity index (χ1v) is 28.2. The van der Waals surface area contributed by atoms with E-state index in [1.54, 1.807) is 13.8 Å². The molecule has 0 radical (unpaired) electrons. The minimum atomic E-state index is -1.41. The van der Waals surface area contributed by atoms with Gasteiger partial charge >= 0.3 is 5.97 Å². The van der Waals surface area contributed by atoms with Crippen LogP contribution < -0.4 is 82.7 Å². The zero-order valence-electron chi connectivity index (χ0n) is 47.9. The molecule has 1 heterocycles. The van der Waals surface area contributed by atoms with E-state index in [2.05, 4.69) is 67.5 Å². The second kappa shape index (κ2) is 38.3. The molecule has 0 saturated heterocycles. The topological polar surface area (TPSA) is 518 Å². The lowest BCUT2D eigenvalue weighted by Crippen LogP contribution is -2.61. The molecular formula is C50H92N20O10S. The number of thioether (sulfide) groups is 1. The van der Waals surface area contributed by atoms with Crippen LogP contribution in [0, 0.1) is 5.92 Å². The Bertz CT molecular complexity index is 2250. The smallest absolute Gasteiger partial charge is 0.326 e. The van der Waals surface area contributed by atoms with Crippen LogP contribution in [0.1, 0.15) is 131 Å². The average Bonchev–Trinajstić information content (AvgIpc) is 3.92. The van der Waals surface area contributed by atoms with Crippen LogP contribution in [-0.4, -0.2) is 171 Å². The van der Waals surface area contributed by atoms with Crippen molar-refractivity contribution < 1.29 is 48.3 Å². The van der Waals surface area contributed by atoms with E-state index in [9.17, 15) is 48.3 Å². The van der Waals surface area contributed by atoms with Gasteiger partial charge in [-0.1, -0.05) is 54.4 Å². The number of guanidine groups is 3. The van der Waals surface area contributed by atoms with Crippen LogP contribution >= 0.6 is 11.8 Å². The maximum absolute atomic E-state index is 14.5. The lowest BCUT2D eigenvalue weighted by atomic mass is 10.0. The van der Waals surface area contributed by atoms with E-state index in [4.69, 9.17) is 40.1 Å². The number of aromatic amines is 1. The molecule has 8 amide bonds. The predicted molar refractivity (Wildman–Crippen MR) is 310 cm³/mol. The van der Waals surface area contributed by atoms with E-state index < -0.39 is 107 Å². The van der Waals surface area contributed by atoms with E-state index >= 15 is 0 Å².